The van der Waals surface area contributed by atoms with Gasteiger partial charge in [0, 0.05) is 65.3 Å². The van der Waals surface area contributed by atoms with Crippen molar-refractivity contribution < 1.29 is 67.0 Å². The molecule has 20 nitrogen and oxygen atoms in total. The summed E-state index contributed by atoms with van der Waals surface area (Å²) in [5.74, 6) is -1.59. The number of nitrogens with zero attached hydrogens (tertiary/aromatic N) is 2. The maximum atomic E-state index is 13.9. The molecule has 0 saturated carbocycles. The number of hydrogen-bond acceptors (Lipinski definition) is 18. The Bertz CT molecular complexity index is 1390. The van der Waals surface area contributed by atoms with Gasteiger partial charge in [0.05, 0.1) is 58.3 Å². The van der Waals surface area contributed by atoms with Gasteiger partial charge in [-0.1, -0.05) is 0 Å². The highest BCUT2D eigenvalue weighted by atomic mass is 16.6. The van der Waals surface area contributed by atoms with Gasteiger partial charge in [0.1, 0.15) is 28.4 Å². The quantitative estimate of drug-likeness (QED) is 0.0275. The molecule has 0 aromatic heterocycles. The van der Waals surface area contributed by atoms with E-state index in [0.717, 1.165) is 0 Å². The Morgan fingerprint density at radius 3 is 1.44 bits per heavy atom. The summed E-state index contributed by atoms with van der Waals surface area (Å²) in [5.41, 5.74) is -3.26. The van der Waals surface area contributed by atoms with Crippen LogP contribution < -0.4 is 21.3 Å². The highest BCUT2D eigenvalue weighted by Crippen LogP contribution is 2.17. The molecule has 0 aliphatic rings. The Hall–Kier alpha value is -3.21. The molecule has 0 aliphatic heterocycles. The highest BCUT2D eigenvalue weighted by molar-refractivity contribution is 5.79. The lowest BCUT2D eigenvalue weighted by molar-refractivity contribution is -0.174. The second kappa shape index (κ2) is 31.8. The van der Waals surface area contributed by atoms with Gasteiger partial charge in [-0.2, -0.15) is 0 Å². The fourth-order valence-electron chi connectivity index (χ4n) is 5.77. The van der Waals surface area contributed by atoms with Crippen LogP contribution in [-0.2, 0) is 57.1 Å². The second-order valence-electron chi connectivity index (χ2n) is 20.8. The van der Waals surface area contributed by atoms with Crippen molar-refractivity contribution in [2.75, 3.05) is 112 Å². The molecule has 0 radical (unpaired) electrons. The molecule has 0 bridgehead atoms. The topological polar surface area (TPSA) is 234 Å². The van der Waals surface area contributed by atoms with Crippen molar-refractivity contribution in [3.05, 3.63) is 0 Å². The largest absolute Gasteiger partial charge is 0.459 e. The number of hydrogen-bond donors (Lipinski definition) is 5. The van der Waals surface area contributed by atoms with Crippen molar-refractivity contribution in [1.29, 1.82) is 0 Å². The molecule has 20 heteroatoms. The summed E-state index contributed by atoms with van der Waals surface area (Å²) in [4.78, 5) is 67.4. The van der Waals surface area contributed by atoms with E-state index < -0.39 is 58.4 Å². The van der Waals surface area contributed by atoms with Crippen LogP contribution in [0.15, 0.2) is 0 Å². The minimum absolute atomic E-state index is 0.00104. The number of aliphatic hydroxyl groups is 1. The predicted octanol–water partition coefficient (Wildman–Crippen LogP) is 2.77. The lowest BCUT2D eigenvalue weighted by Gasteiger charge is -2.35. The van der Waals surface area contributed by atoms with Gasteiger partial charge in [-0.05, 0) is 110 Å². The monoisotopic (exact) mass is 951 g/mol. The Balaban J connectivity index is 5.61. The number of amides is 2. The fourth-order valence-corrected chi connectivity index (χ4v) is 5.77. The summed E-state index contributed by atoms with van der Waals surface area (Å²) >= 11 is 0. The normalized spacial score (nSPS) is 13.6. The van der Waals surface area contributed by atoms with Crippen LogP contribution in [0.3, 0.4) is 0 Å². The Kier molecular flexibility index (Phi) is 30.2. The van der Waals surface area contributed by atoms with Crippen LogP contribution in [0.5, 0.6) is 0 Å². The molecular formula is C46H90N6O14. The number of ether oxygens (including phenoxy) is 8. The third kappa shape index (κ3) is 39.9. The number of carbonyl (C=O) groups excluding carboxylic acids is 5. The van der Waals surface area contributed by atoms with E-state index >= 15 is 0 Å². The van der Waals surface area contributed by atoms with E-state index in [9.17, 15) is 29.1 Å². The summed E-state index contributed by atoms with van der Waals surface area (Å²) in [5, 5.41) is 22.6. The zero-order valence-electron chi connectivity index (χ0n) is 43.2. The van der Waals surface area contributed by atoms with Crippen LogP contribution in [0.4, 0.5) is 4.79 Å². The molecule has 0 rings (SSSR count). The van der Waals surface area contributed by atoms with Crippen molar-refractivity contribution >= 4 is 29.9 Å². The molecule has 0 aromatic carbocycles. The molecule has 0 spiro atoms. The summed E-state index contributed by atoms with van der Waals surface area (Å²) in [6.07, 6.45) is -1.48. The van der Waals surface area contributed by atoms with E-state index in [4.69, 9.17) is 37.9 Å². The molecule has 2 unspecified atom stereocenters. The van der Waals surface area contributed by atoms with Gasteiger partial charge in [0.2, 0.25) is 5.91 Å². The smallest absolute Gasteiger partial charge is 0.407 e. The van der Waals surface area contributed by atoms with Gasteiger partial charge in [-0.3, -0.25) is 29.0 Å². The second-order valence-corrected chi connectivity index (χ2v) is 20.8. The van der Waals surface area contributed by atoms with E-state index in [2.05, 4.69) is 21.3 Å². The third-order valence-electron chi connectivity index (χ3n) is 8.16. The Morgan fingerprint density at radius 2 is 0.970 bits per heavy atom. The standard InChI is InChI=1S/C46H90N6O14/c1-42(2,3)62-37(54)32-47-18-22-51(34-39(56)64-44(7,8)9)24-25-52(23-19-48-33-38(55)63-43(4,5)6)35(40(57)65-45(10,11)12)16-17-36(53)49-20-26-59-28-30-61-31-29-60-27-21-50-41(58)66-46(13,14)15/h35,39,47-48,56H,16-34H2,1-15H3,(H,49,53)(H,50,58). The highest BCUT2D eigenvalue weighted by Gasteiger charge is 2.32. The van der Waals surface area contributed by atoms with E-state index in [-0.39, 0.29) is 57.5 Å². The van der Waals surface area contributed by atoms with Gasteiger partial charge in [0.15, 0.2) is 6.29 Å². The SMILES string of the molecule is CC(C)(C)OC(=O)CNCCN(CCN(CCNCC(=O)OC(C)(C)C)C(CCC(=O)NCCOCCOCCOCCNC(=O)OC(C)(C)C)C(=O)OC(C)(C)C)CC(O)OC(C)(C)C. The van der Waals surface area contributed by atoms with Crippen molar-refractivity contribution in [2.24, 2.45) is 0 Å². The van der Waals surface area contributed by atoms with Crippen LogP contribution >= 0.6 is 0 Å². The van der Waals surface area contributed by atoms with Gasteiger partial charge in [-0.15, -0.1) is 0 Å². The van der Waals surface area contributed by atoms with Crippen LogP contribution in [0, 0.1) is 0 Å². The molecule has 66 heavy (non-hydrogen) atoms. The van der Waals surface area contributed by atoms with Crippen molar-refractivity contribution in [2.45, 2.75) is 157 Å². The van der Waals surface area contributed by atoms with Crippen molar-refractivity contribution in [3.63, 3.8) is 0 Å². The molecule has 5 N–H and O–H groups in total. The first-order chi connectivity index (χ1) is 30.3. The first kappa shape index (κ1) is 62.8. The van der Waals surface area contributed by atoms with E-state index in [1.807, 2.05) is 30.6 Å². The Labute approximate surface area is 395 Å². The summed E-state index contributed by atoms with van der Waals surface area (Å²) in [7, 11) is 0. The molecule has 0 aliphatic carbocycles. The van der Waals surface area contributed by atoms with Gasteiger partial charge >= 0.3 is 24.0 Å². The van der Waals surface area contributed by atoms with E-state index in [1.54, 1.807) is 83.1 Å². The number of esters is 3. The van der Waals surface area contributed by atoms with Crippen molar-refractivity contribution in [1.82, 2.24) is 31.1 Å². The average molecular weight is 951 g/mol. The number of aliphatic hydroxyl groups excluding tert-OH is 1. The first-order valence-corrected chi connectivity index (χ1v) is 23.2. The van der Waals surface area contributed by atoms with Crippen LogP contribution in [0.2, 0.25) is 0 Å². The molecule has 0 aromatic rings. The molecule has 2 atom stereocenters. The third-order valence-corrected chi connectivity index (χ3v) is 8.16. The van der Waals surface area contributed by atoms with E-state index in [0.29, 0.717) is 78.8 Å². The maximum absolute atomic E-state index is 13.9. The van der Waals surface area contributed by atoms with Gasteiger partial charge in [0.25, 0.3) is 0 Å². The lowest BCUT2D eigenvalue weighted by Crippen LogP contribution is -2.51. The first-order valence-electron chi connectivity index (χ1n) is 23.2. The van der Waals surface area contributed by atoms with Gasteiger partial charge < -0.3 is 64.3 Å². The van der Waals surface area contributed by atoms with Crippen LogP contribution in [0.25, 0.3) is 0 Å². The van der Waals surface area contributed by atoms with Gasteiger partial charge in [-0.25, -0.2) is 4.79 Å². The fraction of sp³-hybridized carbons (Fsp3) is 0.891. The summed E-state index contributed by atoms with van der Waals surface area (Å²) in [6.45, 7) is 31.6. The molecular weight excluding hydrogens is 861 g/mol. The zero-order chi connectivity index (χ0) is 50.6. The molecule has 2 amide bonds. The molecule has 388 valence electrons. The minimum atomic E-state index is -1.13. The Morgan fingerprint density at radius 1 is 0.515 bits per heavy atom. The van der Waals surface area contributed by atoms with Crippen LogP contribution in [0.1, 0.15) is 117 Å². The number of carbonyl (C=O) groups is 5. The summed E-state index contributed by atoms with van der Waals surface area (Å²) < 4.78 is 44.3. The summed E-state index contributed by atoms with van der Waals surface area (Å²) in [6, 6.07) is -0.847. The molecule has 0 heterocycles. The van der Waals surface area contributed by atoms with E-state index in [1.165, 1.54) is 0 Å². The minimum Gasteiger partial charge on any atom is -0.459 e. The number of alkyl carbamates (subject to hydrolysis) is 1. The predicted molar refractivity (Wildman–Crippen MR) is 251 cm³/mol. The zero-order valence-corrected chi connectivity index (χ0v) is 43.2. The van der Waals surface area contributed by atoms with Crippen LogP contribution in [-0.4, -0.2) is 197 Å². The number of nitrogens with one attached hydrogen (secondary N) is 4. The van der Waals surface area contributed by atoms with Crippen molar-refractivity contribution in [3.8, 4) is 0 Å². The lowest BCUT2D eigenvalue weighted by atomic mass is 10.1. The number of rotatable bonds is 33. The average Bonchev–Trinajstić information content (AvgIpc) is 3.11. The molecule has 0 saturated heterocycles. The maximum Gasteiger partial charge on any atom is 0.407 e. The molecule has 0 fully saturated rings.